The van der Waals surface area contributed by atoms with Gasteiger partial charge in [0.2, 0.25) is 11.8 Å². The molecule has 2 N–H and O–H groups in total. The van der Waals surface area contributed by atoms with Gasteiger partial charge in [0.15, 0.2) is 0 Å². The number of aryl methyl sites for hydroxylation is 2. The van der Waals surface area contributed by atoms with Gasteiger partial charge in [-0.2, -0.15) is 0 Å². The Morgan fingerprint density at radius 3 is 2.76 bits per heavy atom. The molecule has 1 aliphatic heterocycles. The Morgan fingerprint density at radius 2 is 2.12 bits per heavy atom. The molecule has 6 nitrogen and oxygen atoms in total. The Labute approximate surface area is 98.8 Å². The Hall–Kier alpha value is -1.98. The molecule has 2 heterocycles. The molecule has 1 aromatic rings. The molecule has 17 heavy (non-hydrogen) atoms. The van der Waals surface area contributed by atoms with Gasteiger partial charge in [-0.3, -0.25) is 14.9 Å². The van der Waals surface area contributed by atoms with Crippen molar-refractivity contribution in [3.8, 4) is 0 Å². The lowest BCUT2D eigenvalue weighted by Gasteiger charge is -2.22. The van der Waals surface area contributed by atoms with Gasteiger partial charge in [0.25, 0.3) is 0 Å². The number of carbonyl (C=O) groups excluding carboxylic acids is 2. The smallest absolute Gasteiger partial charge is 0.249 e. The van der Waals surface area contributed by atoms with Crippen LogP contribution in [0.5, 0.6) is 0 Å². The summed E-state index contributed by atoms with van der Waals surface area (Å²) in [5.41, 5.74) is 0.840. The molecule has 0 aliphatic carbocycles. The number of nitrogens with one attached hydrogen (secondary N) is 2. The highest BCUT2D eigenvalue weighted by molar-refractivity contribution is 6.01. The van der Waals surface area contributed by atoms with E-state index in [1.54, 1.807) is 13.0 Å². The van der Waals surface area contributed by atoms with Crippen molar-refractivity contribution in [3.63, 3.8) is 0 Å². The molecule has 0 bridgehead atoms. The number of imide groups is 1. The lowest BCUT2D eigenvalue weighted by Crippen LogP contribution is -2.47. The van der Waals surface area contributed by atoms with Gasteiger partial charge in [0, 0.05) is 18.2 Å². The van der Waals surface area contributed by atoms with Crippen LogP contribution in [0.4, 0.5) is 5.82 Å². The van der Waals surface area contributed by atoms with Gasteiger partial charge in [-0.05, 0) is 20.3 Å². The molecule has 1 atom stereocenters. The number of carbonyl (C=O) groups is 2. The van der Waals surface area contributed by atoms with Crippen LogP contribution in [0.1, 0.15) is 24.4 Å². The molecule has 1 saturated heterocycles. The van der Waals surface area contributed by atoms with E-state index in [1.807, 2.05) is 6.92 Å². The number of hydrogen-bond acceptors (Lipinski definition) is 5. The van der Waals surface area contributed by atoms with Gasteiger partial charge < -0.3 is 5.32 Å². The summed E-state index contributed by atoms with van der Waals surface area (Å²) < 4.78 is 0. The fourth-order valence-corrected chi connectivity index (χ4v) is 1.80. The fourth-order valence-electron chi connectivity index (χ4n) is 1.80. The van der Waals surface area contributed by atoms with Gasteiger partial charge in [-0.25, -0.2) is 9.97 Å². The number of piperidine rings is 1. The minimum atomic E-state index is -0.401. The maximum absolute atomic E-state index is 11.5. The van der Waals surface area contributed by atoms with Gasteiger partial charge in [-0.1, -0.05) is 0 Å². The second-order valence-electron chi connectivity index (χ2n) is 4.09. The fraction of sp³-hybridized carbons (Fsp3) is 0.455. The van der Waals surface area contributed by atoms with Crippen LogP contribution >= 0.6 is 0 Å². The highest BCUT2D eigenvalue weighted by Gasteiger charge is 2.26. The van der Waals surface area contributed by atoms with Crippen LogP contribution in [0, 0.1) is 13.8 Å². The minimum absolute atomic E-state index is 0.219. The highest BCUT2D eigenvalue weighted by Crippen LogP contribution is 2.12. The summed E-state index contributed by atoms with van der Waals surface area (Å²) in [7, 11) is 0. The Bertz CT molecular complexity index is 452. The van der Waals surface area contributed by atoms with Gasteiger partial charge in [0.1, 0.15) is 17.7 Å². The standard InChI is InChI=1S/C11H14N4O2/c1-6-5-9(13-7(2)12-6)14-8-3-4-10(16)15-11(8)17/h5,8H,3-4H2,1-2H3,(H,12,13,14)(H,15,16,17). The molecule has 0 saturated carbocycles. The topological polar surface area (TPSA) is 84.0 Å². The van der Waals surface area contributed by atoms with Crippen LogP contribution in [0.15, 0.2) is 6.07 Å². The van der Waals surface area contributed by atoms with E-state index in [9.17, 15) is 9.59 Å². The predicted molar refractivity (Wildman–Crippen MR) is 61.3 cm³/mol. The Morgan fingerprint density at radius 1 is 1.35 bits per heavy atom. The monoisotopic (exact) mass is 234 g/mol. The lowest BCUT2D eigenvalue weighted by molar-refractivity contribution is -0.133. The molecule has 0 spiro atoms. The quantitative estimate of drug-likeness (QED) is 0.719. The minimum Gasteiger partial charge on any atom is -0.358 e. The van der Waals surface area contributed by atoms with Gasteiger partial charge in [-0.15, -0.1) is 0 Å². The number of aromatic nitrogens is 2. The molecule has 0 aromatic carbocycles. The highest BCUT2D eigenvalue weighted by atomic mass is 16.2. The summed E-state index contributed by atoms with van der Waals surface area (Å²) in [6.45, 7) is 3.66. The molecule has 1 aliphatic rings. The molecular weight excluding hydrogens is 220 g/mol. The van der Waals surface area contributed by atoms with Crippen molar-refractivity contribution in [1.82, 2.24) is 15.3 Å². The van der Waals surface area contributed by atoms with Crippen molar-refractivity contribution in [1.29, 1.82) is 0 Å². The third-order valence-electron chi connectivity index (χ3n) is 2.53. The zero-order valence-electron chi connectivity index (χ0n) is 9.78. The maximum Gasteiger partial charge on any atom is 0.249 e. The number of amides is 2. The van der Waals surface area contributed by atoms with E-state index < -0.39 is 6.04 Å². The first-order valence-electron chi connectivity index (χ1n) is 5.47. The van der Waals surface area contributed by atoms with E-state index in [4.69, 9.17) is 0 Å². The van der Waals surface area contributed by atoms with Crippen LogP contribution in [0.3, 0.4) is 0 Å². The van der Waals surface area contributed by atoms with Crippen LogP contribution < -0.4 is 10.6 Å². The molecule has 0 radical (unpaired) electrons. The summed E-state index contributed by atoms with van der Waals surface area (Å²) in [4.78, 5) is 30.9. The molecule has 1 unspecified atom stereocenters. The second kappa shape index (κ2) is 4.48. The van der Waals surface area contributed by atoms with Gasteiger partial charge in [0.05, 0.1) is 0 Å². The van der Waals surface area contributed by atoms with E-state index in [0.29, 0.717) is 24.5 Å². The van der Waals surface area contributed by atoms with E-state index in [1.165, 1.54) is 0 Å². The summed E-state index contributed by atoms with van der Waals surface area (Å²) in [5, 5.41) is 5.31. The van der Waals surface area contributed by atoms with E-state index in [2.05, 4.69) is 20.6 Å². The largest absolute Gasteiger partial charge is 0.358 e. The van der Waals surface area contributed by atoms with Crippen LogP contribution in [0.2, 0.25) is 0 Å². The van der Waals surface area contributed by atoms with Crippen molar-refractivity contribution in [2.45, 2.75) is 32.7 Å². The predicted octanol–water partition coefficient (Wildman–Crippen LogP) is 0.311. The van der Waals surface area contributed by atoms with Crippen molar-refractivity contribution in [2.75, 3.05) is 5.32 Å². The molecular formula is C11H14N4O2. The van der Waals surface area contributed by atoms with Crippen LogP contribution in [-0.4, -0.2) is 27.8 Å². The first-order chi connectivity index (χ1) is 8.04. The molecule has 2 amide bonds. The van der Waals surface area contributed by atoms with Gasteiger partial charge >= 0.3 is 0 Å². The average Bonchev–Trinajstić information content (AvgIpc) is 2.21. The Balaban J connectivity index is 2.10. The number of nitrogens with zero attached hydrogens (tertiary/aromatic N) is 2. The van der Waals surface area contributed by atoms with Crippen molar-refractivity contribution >= 4 is 17.6 Å². The number of hydrogen-bond donors (Lipinski definition) is 2. The van der Waals surface area contributed by atoms with Crippen LogP contribution in [0.25, 0.3) is 0 Å². The molecule has 90 valence electrons. The van der Waals surface area contributed by atoms with Crippen molar-refractivity contribution in [2.24, 2.45) is 0 Å². The lowest BCUT2D eigenvalue weighted by atomic mass is 10.1. The zero-order chi connectivity index (χ0) is 12.4. The Kier molecular flexibility index (Phi) is 3.03. The number of anilines is 1. The maximum atomic E-state index is 11.5. The zero-order valence-corrected chi connectivity index (χ0v) is 9.78. The average molecular weight is 234 g/mol. The van der Waals surface area contributed by atoms with Crippen LogP contribution in [-0.2, 0) is 9.59 Å². The summed E-state index contributed by atoms with van der Waals surface area (Å²) >= 11 is 0. The molecule has 1 fully saturated rings. The van der Waals surface area contributed by atoms with E-state index in [-0.39, 0.29) is 11.8 Å². The molecule has 6 heteroatoms. The summed E-state index contributed by atoms with van der Waals surface area (Å²) in [6.07, 6.45) is 0.846. The van der Waals surface area contributed by atoms with Crippen molar-refractivity contribution in [3.05, 3.63) is 17.6 Å². The SMILES string of the molecule is Cc1cc(NC2CCC(=O)NC2=O)nc(C)n1. The number of rotatable bonds is 2. The summed E-state index contributed by atoms with van der Waals surface area (Å²) in [5.74, 6) is 0.752. The first kappa shape index (κ1) is 11.5. The molecule has 1 aromatic heterocycles. The second-order valence-corrected chi connectivity index (χ2v) is 4.09. The summed E-state index contributed by atoms with van der Waals surface area (Å²) in [6, 6.07) is 1.37. The normalized spacial score (nSPS) is 20.0. The third-order valence-corrected chi connectivity index (χ3v) is 2.53. The third kappa shape index (κ3) is 2.77. The van der Waals surface area contributed by atoms with E-state index in [0.717, 1.165) is 5.69 Å². The van der Waals surface area contributed by atoms with Crippen molar-refractivity contribution < 1.29 is 9.59 Å². The molecule has 2 rings (SSSR count). The van der Waals surface area contributed by atoms with E-state index >= 15 is 0 Å². The first-order valence-corrected chi connectivity index (χ1v) is 5.47.